The fourth-order valence-electron chi connectivity index (χ4n) is 3.89. The van der Waals surface area contributed by atoms with Crippen LogP contribution in [0.1, 0.15) is 115 Å². The van der Waals surface area contributed by atoms with Crippen LogP contribution in [0.15, 0.2) is 12.1 Å². The Hall–Kier alpha value is -2.06. The summed E-state index contributed by atoms with van der Waals surface area (Å²) in [6, 6.07) is 3.97. The smallest absolute Gasteiger partial charge is 0.123 e. The second-order valence-electron chi connectivity index (χ2n) is 8.52. The van der Waals surface area contributed by atoms with Crippen molar-refractivity contribution in [3.63, 3.8) is 0 Å². The molecule has 0 radical (unpaired) electrons. The molecular weight excluding hydrogens is 392 g/mol. The van der Waals surface area contributed by atoms with E-state index in [-0.39, 0.29) is 0 Å². The van der Waals surface area contributed by atoms with Crippen LogP contribution in [0.5, 0.6) is 11.5 Å². The van der Waals surface area contributed by atoms with Crippen molar-refractivity contribution in [2.75, 3.05) is 14.2 Å². The molecule has 0 fully saturated rings. The Morgan fingerprint density at radius 1 is 0.531 bits per heavy atom. The van der Waals surface area contributed by atoms with E-state index in [4.69, 9.17) is 9.47 Å². The maximum atomic E-state index is 5.64. The summed E-state index contributed by atoms with van der Waals surface area (Å²) in [5, 5.41) is 0. The van der Waals surface area contributed by atoms with Crippen molar-refractivity contribution < 1.29 is 9.47 Å². The first-order chi connectivity index (χ1) is 15.8. The Kier molecular flexibility index (Phi) is 17.1. The minimum atomic E-state index is 0.685. The topological polar surface area (TPSA) is 18.5 Å². The molecule has 0 bridgehead atoms. The molecule has 1 aromatic carbocycles. The Morgan fingerprint density at radius 3 is 1.28 bits per heavy atom. The number of methoxy groups -OCH3 is 2. The molecule has 0 aromatic heterocycles. The van der Waals surface area contributed by atoms with Gasteiger partial charge in [-0.25, -0.2) is 0 Å². The molecule has 0 saturated heterocycles. The maximum absolute atomic E-state index is 5.64. The standard InChI is InChI=1S/C30H46O2/c1-5-7-9-11-13-15-17-19-21-23-27-28(30(32-4)26-25-29(27)31-3)24-22-20-18-16-14-12-10-8-6-2/h25-26H,5-18,23-24H2,1-4H3. The van der Waals surface area contributed by atoms with Gasteiger partial charge in [-0.3, -0.25) is 0 Å². The van der Waals surface area contributed by atoms with Gasteiger partial charge in [-0.15, -0.1) is 11.8 Å². The molecule has 2 heteroatoms. The van der Waals surface area contributed by atoms with Gasteiger partial charge in [-0.05, 0) is 25.0 Å². The van der Waals surface area contributed by atoms with Gasteiger partial charge in [0.05, 0.1) is 14.2 Å². The predicted molar refractivity (Wildman–Crippen MR) is 138 cm³/mol. The first-order valence-electron chi connectivity index (χ1n) is 12.9. The number of benzene rings is 1. The van der Waals surface area contributed by atoms with Crippen molar-refractivity contribution >= 4 is 0 Å². The SMILES string of the molecule is CCCCCCCCC#CCc1c(OC)ccc(OC)c1CC#CCCCCCCCC. The quantitative estimate of drug-likeness (QED) is 0.191. The van der Waals surface area contributed by atoms with Crippen LogP contribution in [0.3, 0.4) is 0 Å². The summed E-state index contributed by atoms with van der Waals surface area (Å²) in [4.78, 5) is 0. The van der Waals surface area contributed by atoms with Crippen LogP contribution in [0.2, 0.25) is 0 Å². The summed E-state index contributed by atoms with van der Waals surface area (Å²) in [5.74, 6) is 15.2. The Labute approximate surface area is 198 Å². The Balaban J connectivity index is 2.63. The third kappa shape index (κ3) is 12.1. The van der Waals surface area contributed by atoms with E-state index < -0.39 is 0 Å². The third-order valence-electron chi connectivity index (χ3n) is 5.88. The summed E-state index contributed by atoms with van der Waals surface area (Å²) >= 11 is 0. The lowest BCUT2D eigenvalue weighted by molar-refractivity contribution is 0.396. The Bertz CT molecular complexity index is 664. The molecule has 1 rings (SSSR count). The molecule has 1 aromatic rings. The molecule has 0 saturated carbocycles. The number of hydrogen-bond acceptors (Lipinski definition) is 2. The van der Waals surface area contributed by atoms with E-state index in [9.17, 15) is 0 Å². The first kappa shape index (κ1) is 28.0. The van der Waals surface area contributed by atoms with Crippen LogP contribution < -0.4 is 9.47 Å². The zero-order valence-electron chi connectivity index (χ0n) is 21.3. The second-order valence-corrected chi connectivity index (χ2v) is 8.52. The van der Waals surface area contributed by atoms with E-state index in [2.05, 4.69) is 37.5 Å². The molecule has 0 aliphatic heterocycles. The van der Waals surface area contributed by atoms with Gasteiger partial charge in [-0.2, -0.15) is 0 Å². The van der Waals surface area contributed by atoms with Crippen LogP contribution in [0.25, 0.3) is 0 Å². The molecule has 178 valence electrons. The summed E-state index contributed by atoms with van der Waals surface area (Å²) < 4.78 is 11.3. The molecule has 0 aliphatic carbocycles. The fourth-order valence-corrected chi connectivity index (χ4v) is 3.89. The summed E-state index contributed by atoms with van der Waals surface area (Å²) in [7, 11) is 3.45. The molecular formula is C30H46O2. The zero-order valence-corrected chi connectivity index (χ0v) is 21.3. The van der Waals surface area contributed by atoms with E-state index in [0.717, 1.165) is 35.5 Å². The highest BCUT2D eigenvalue weighted by atomic mass is 16.5. The van der Waals surface area contributed by atoms with E-state index >= 15 is 0 Å². The van der Waals surface area contributed by atoms with Crippen molar-refractivity contribution in [1.29, 1.82) is 0 Å². The van der Waals surface area contributed by atoms with Gasteiger partial charge in [0.25, 0.3) is 0 Å². The van der Waals surface area contributed by atoms with Crippen molar-refractivity contribution in [2.45, 2.75) is 117 Å². The number of unbranched alkanes of at least 4 members (excludes halogenated alkanes) is 12. The second kappa shape index (κ2) is 19.6. The van der Waals surface area contributed by atoms with Gasteiger partial charge < -0.3 is 9.47 Å². The normalized spacial score (nSPS) is 10.1. The van der Waals surface area contributed by atoms with Crippen LogP contribution in [-0.4, -0.2) is 14.2 Å². The van der Waals surface area contributed by atoms with Crippen LogP contribution in [-0.2, 0) is 12.8 Å². The lowest BCUT2D eigenvalue weighted by Gasteiger charge is -2.14. The first-order valence-corrected chi connectivity index (χ1v) is 12.9. The van der Waals surface area contributed by atoms with Crippen molar-refractivity contribution in [1.82, 2.24) is 0 Å². The molecule has 32 heavy (non-hydrogen) atoms. The fraction of sp³-hybridized carbons (Fsp3) is 0.667. The molecule has 0 N–H and O–H groups in total. The lowest BCUT2D eigenvalue weighted by Crippen LogP contribution is -2.01. The van der Waals surface area contributed by atoms with E-state index in [1.807, 2.05) is 12.1 Å². The third-order valence-corrected chi connectivity index (χ3v) is 5.88. The molecule has 0 heterocycles. The van der Waals surface area contributed by atoms with Crippen LogP contribution in [0.4, 0.5) is 0 Å². The molecule has 2 nitrogen and oxygen atoms in total. The van der Waals surface area contributed by atoms with Crippen LogP contribution in [0, 0.1) is 23.7 Å². The van der Waals surface area contributed by atoms with Gasteiger partial charge in [0.15, 0.2) is 0 Å². The number of hydrogen-bond donors (Lipinski definition) is 0. The van der Waals surface area contributed by atoms with Gasteiger partial charge in [0, 0.05) is 36.8 Å². The summed E-state index contributed by atoms with van der Waals surface area (Å²) in [5.41, 5.74) is 2.24. The summed E-state index contributed by atoms with van der Waals surface area (Å²) in [6.45, 7) is 4.52. The lowest BCUT2D eigenvalue weighted by atomic mass is 9.99. The van der Waals surface area contributed by atoms with Crippen molar-refractivity contribution in [2.24, 2.45) is 0 Å². The van der Waals surface area contributed by atoms with Gasteiger partial charge in [-0.1, -0.05) is 89.9 Å². The largest absolute Gasteiger partial charge is 0.496 e. The average molecular weight is 439 g/mol. The minimum Gasteiger partial charge on any atom is -0.496 e. The van der Waals surface area contributed by atoms with E-state index in [0.29, 0.717) is 12.8 Å². The van der Waals surface area contributed by atoms with Crippen LogP contribution >= 0.6 is 0 Å². The predicted octanol–water partition coefficient (Wildman–Crippen LogP) is 8.30. The van der Waals surface area contributed by atoms with Crippen molar-refractivity contribution in [3.05, 3.63) is 23.3 Å². The van der Waals surface area contributed by atoms with Gasteiger partial charge in [0.1, 0.15) is 11.5 Å². The molecule has 0 amide bonds. The Morgan fingerprint density at radius 2 is 0.906 bits per heavy atom. The van der Waals surface area contributed by atoms with E-state index in [1.165, 1.54) is 77.0 Å². The molecule has 0 atom stereocenters. The van der Waals surface area contributed by atoms with Crippen molar-refractivity contribution in [3.8, 4) is 35.2 Å². The maximum Gasteiger partial charge on any atom is 0.123 e. The highest BCUT2D eigenvalue weighted by Crippen LogP contribution is 2.31. The van der Waals surface area contributed by atoms with Gasteiger partial charge >= 0.3 is 0 Å². The molecule has 0 unspecified atom stereocenters. The highest BCUT2D eigenvalue weighted by Gasteiger charge is 2.13. The average Bonchev–Trinajstić information content (AvgIpc) is 2.82. The minimum absolute atomic E-state index is 0.685. The van der Waals surface area contributed by atoms with Gasteiger partial charge in [0.2, 0.25) is 0 Å². The highest BCUT2D eigenvalue weighted by molar-refractivity contribution is 5.51. The summed E-state index contributed by atoms with van der Waals surface area (Å²) in [6.07, 6.45) is 19.0. The van der Waals surface area contributed by atoms with E-state index in [1.54, 1.807) is 14.2 Å². The number of ether oxygens (including phenoxy) is 2. The molecule has 0 spiro atoms. The monoisotopic (exact) mass is 438 g/mol. The number of rotatable bonds is 16. The zero-order chi connectivity index (χ0) is 23.3. The molecule has 0 aliphatic rings.